The maximum Gasteiger partial charge on any atom is 0.231 e. The molecule has 0 spiro atoms. The summed E-state index contributed by atoms with van der Waals surface area (Å²) in [6.45, 7) is 1.93. The predicted octanol–water partition coefficient (Wildman–Crippen LogP) is 1.95. The van der Waals surface area contributed by atoms with Crippen LogP contribution in [0.4, 0.5) is 0 Å². The fourth-order valence-electron chi connectivity index (χ4n) is 1.68. The normalized spacial score (nSPS) is 16.2. The number of rotatable bonds is 3. The number of ether oxygens (including phenoxy) is 3. The van der Waals surface area contributed by atoms with Gasteiger partial charge in [-0.05, 0) is 24.6 Å². The van der Waals surface area contributed by atoms with E-state index in [2.05, 4.69) is 5.16 Å². The van der Waals surface area contributed by atoms with Crippen LogP contribution in [0.3, 0.4) is 0 Å². The van der Waals surface area contributed by atoms with Crippen LogP contribution in [0.15, 0.2) is 23.4 Å². The van der Waals surface area contributed by atoms with E-state index in [1.165, 1.54) is 0 Å². The lowest BCUT2D eigenvalue weighted by Crippen LogP contribution is -2.11. The van der Waals surface area contributed by atoms with Crippen molar-refractivity contribution in [3.05, 3.63) is 23.8 Å². The molecule has 1 aromatic rings. The number of oxime groups is 1. The number of methoxy groups -OCH3 is 1. The number of hydrogen-bond donors (Lipinski definition) is 1. The van der Waals surface area contributed by atoms with Gasteiger partial charge in [-0.2, -0.15) is 0 Å². The van der Waals surface area contributed by atoms with E-state index in [0.29, 0.717) is 11.5 Å². The molecule has 0 aliphatic carbocycles. The summed E-state index contributed by atoms with van der Waals surface area (Å²) in [7, 11) is 1.56. The Bertz CT molecular complexity index is 416. The van der Waals surface area contributed by atoms with Crippen molar-refractivity contribution in [3.8, 4) is 11.5 Å². The summed E-state index contributed by atoms with van der Waals surface area (Å²) < 4.78 is 15.7. The molecule has 1 aliphatic heterocycles. The van der Waals surface area contributed by atoms with Gasteiger partial charge in [-0.1, -0.05) is 11.2 Å². The molecule has 0 saturated heterocycles. The first kappa shape index (κ1) is 10.8. The van der Waals surface area contributed by atoms with Gasteiger partial charge in [-0.3, -0.25) is 0 Å². The van der Waals surface area contributed by atoms with Crippen LogP contribution in [0.1, 0.15) is 18.6 Å². The Labute approximate surface area is 93.2 Å². The van der Waals surface area contributed by atoms with E-state index < -0.39 is 0 Å². The van der Waals surface area contributed by atoms with Crippen LogP contribution in [0, 0.1) is 0 Å². The first-order valence-electron chi connectivity index (χ1n) is 4.87. The van der Waals surface area contributed by atoms with Crippen molar-refractivity contribution in [2.45, 2.75) is 13.0 Å². The summed E-state index contributed by atoms with van der Waals surface area (Å²) in [6, 6.07) is 5.50. The molecule has 0 radical (unpaired) electrons. The largest absolute Gasteiger partial charge is 0.454 e. The molecule has 1 unspecified atom stereocenters. The standard InChI is InChI=1S/C11H13NO4/c1-7(12-13)11(14-2)8-3-4-9-10(5-8)16-6-15-9/h3-5,11,13H,6H2,1-2H3/b12-7+. The molecular weight excluding hydrogens is 210 g/mol. The number of nitrogens with zero attached hydrogens (tertiary/aromatic N) is 1. The van der Waals surface area contributed by atoms with Gasteiger partial charge >= 0.3 is 0 Å². The molecule has 0 bridgehead atoms. The highest BCUT2D eigenvalue weighted by Crippen LogP contribution is 2.35. The zero-order chi connectivity index (χ0) is 11.5. The molecule has 1 aliphatic rings. The summed E-state index contributed by atoms with van der Waals surface area (Å²) in [5.74, 6) is 1.41. The molecule has 1 heterocycles. The average molecular weight is 223 g/mol. The molecule has 5 heteroatoms. The quantitative estimate of drug-likeness (QED) is 0.483. The molecule has 0 saturated carbocycles. The van der Waals surface area contributed by atoms with Gasteiger partial charge in [0.25, 0.3) is 0 Å². The van der Waals surface area contributed by atoms with Crippen molar-refractivity contribution in [2.75, 3.05) is 13.9 Å². The van der Waals surface area contributed by atoms with Crippen LogP contribution in [0.5, 0.6) is 11.5 Å². The second-order valence-corrected chi connectivity index (χ2v) is 3.47. The first-order chi connectivity index (χ1) is 7.76. The maximum atomic E-state index is 8.74. The lowest BCUT2D eigenvalue weighted by atomic mass is 10.1. The summed E-state index contributed by atoms with van der Waals surface area (Å²) in [5.41, 5.74) is 1.35. The van der Waals surface area contributed by atoms with Crippen LogP contribution in [0.2, 0.25) is 0 Å². The van der Waals surface area contributed by atoms with Gasteiger partial charge < -0.3 is 19.4 Å². The summed E-state index contributed by atoms with van der Waals surface area (Å²) in [4.78, 5) is 0. The lowest BCUT2D eigenvalue weighted by molar-refractivity contribution is 0.152. The summed E-state index contributed by atoms with van der Waals surface area (Å²) in [5, 5.41) is 11.9. The highest BCUT2D eigenvalue weighted by Gasteiger charge is 2.19. The Morgan fingerprint density at radius 2 is 2.19 bits per heavy atom. The van der Waals surface area contributed by atoms with E-state index in [1.807, 2.05) is 18.2 Å². The fraction of sp³-hybridized carbons (Fsp3) is 0.364. The number of fused-ring (bicyclic) bond motifs is 1. The molecule has 1 aromatic carbocycles. The van der Waals surface area contributed by atoms with Crippen molar-refractivity contribution in [2.24, 2.45) is 5.16 Å². The third-order valence-corrected chi connectivity index (χ3v) is 2.47. The second-order valence-electron chi connectivity index (χ2n) is 3.47. The molecule has 5 nitrogen and oxygen atoms in total. The van der Waals surface area contributed by atoms with Crippen LogP contribution in [0.25, 0.3) is 0 Å². The molecule has 2 rings (SSSR count). The predicted molar refractivity (Wildman–Crippen MR) is 57.2 cm³/mol. The van der Waals surface area contributed by atoms with Crippen molar-refractivity contribution < 1.29 is 19.4 Å². The van der Waals surface area contributed by atoms with Crippen molar-refractivity contribution in [1.29, 1.82) is 0 Å². The van der Waals surface area contributed by atoms with Gasteiger partial charge in [0.05, 0.1) is 5.71 Å². The third-order valence-electron chi connectivity index (χ3n) is 2.47. The van der Waals surface area contributed by atoms with E-state index in [1.54, 1.807) is 14.0 Å². The minimum Gasteiger partial charge on any atom is -0.454 e. The highest BCUT2D eigenvalue weighted by molar-refractivity contribution is 5.87. The minimum atomic E-state index is -0.375. The Hall–Kier alpha value is -1.75. The zero-order valence-corrected chi connectivity index (χ0v) is 9.14. The fourth-order valence-corrected chi connectivity index (χ4v) is 1.68. The van der Waals surface area contributed by atoms with E-state index in [-0.39, 0.29) is 12.9 Å². The van der Waals surface area contributed by atoms with Gasteiger partial charge in [0.1, 0.15) is 6.10 Å². The van der Waals surface area contributed by atoms with Crippen LogP contribution >= 0.6 is 0 Å². The highest BCUT2D eigenvalue weighted by atomic mass is 16.7. The topological polar surface area (TPSA) is 60.3 Å². The molecule has 0 amide bonds. The minimum absolute atomic E-state index is 0.240. The smallest absolute Gasteiger partial charge is 0.231 e. The molecule has 0 fully saturated rings. The molecule has 16 heavy (non-hydrogen) atoms. The Morgan fingerprint density at radius 3 is 2.88 bits per heavy atom. The molecule has 86 valence electrons. The number of benzene rings is 1. The Balaban J connectivity index is 2.32. The van der Waals surface area contributed by atoms with Gasteiger partial charge in [-0.25, -0.2) is 0 Å². The summed E-state index contributed by atoms with van der Waals surface area (Å²) >= 11 is 0. The van der Waals surface area contributed by atoms with Crippen LogP contribution < -0.4 is 9.47 Å². The van der Waals surface area contributed by atoms with E-state index in [0.717, 1.165) is 11.3 Å². The van der Waals surface area contributed by atoms with Gasteiger partial charge in [0.2, 0.25) is 6.79 Å². The average Bonchev–Trinajstić information content (AvgIpc) is 2.77. The molecule has 1 N–H and O–H groups in total. The molecule has 0 aromatic heterocycles. The SMILES string of the molecule is COC(/C(C)=N/O)c1ccc2c(c1)OCO2. The van der Waals surface area contributed by atoms with Gasteiger partial charge in [0.15, 0.2) is 11.5 Å². The number of hydrogen-bond acceptors (Lipinski definition) is 5. The monoisotopic (exact) mass is 223 g/mol. The maximum absolute atomic E-state index is 8.74. The second kappa shape index (κ2) is 4.40. The van der Waals surface area contributed by atoms with Gasteiger partial charge in [0, 0.05) is 7.11 Å². The van der Waals surface area contributed by atoms with Gasteiger partial charge in [-0.15, -0.1) is 0 Å². The van der Waals surface area contributed by atoms with E-state index in [9.17, 15) is 0 Å². The molecule has 1 atom stereocenters. The zero-order valence-electron chi connectivity index (χ0n) is 9.14. The lowest BCUT2D eigenvalue weighted by Gasteiger charge is -2.14. The van der Waals surface area contributed by atoms with Crippen LogP contribution in [-0.2, 0) is 4.74 Å². The van der Waals surface area contributed by atoms with Crippen LogP contribution in [-0.4, -0.2) is 24.8 Å². The summed E-state index contributed by atoms with van der Waals surface area (Å²) in [6.07, 6.45) is -0.375. The van der Waals surface area contributed by atoms with E-state index >= 15 is 0 Å². The van der Waals surface area contributed by atoms with Crippen molar-refractivity contribution in [1.82, 2.24) is 0 Å². The Kier molecular flexibility index (Phi) is 2.96. The van der Waals surface area contributed by atoms with E-state index in [4.69, 9.17) is 19.4 Å². The molecular formula is C11H13NO4. The first-order valence-corrected chi connectivity index (χ1v) is 4.87. The third kappa shape index (κ3) is 1.81. The van der Waals surface area contributed by atoms with Crippen molar-refractivity contribution >= 4 is 5.71 Å². The van der Waals surface area contributed by atoms with Crippen molar-refractivity contribution in [3.63, 3.8) is 0 Å². The Morgan fingerprint density at radius 1 is 1.44 bits per heavy atom.